The van der Waals surface area contributed by atoms with Crippen molar-refractivity contribution in [3.8, 4) is 0 Å². The molecule has 1 aliphatic carbocycles. The minimum Gasteiger partial charge on any atom is -0.100 e. The van der Waals surface area contributed by atoms with Crippen LogP contribution in [0.1, 0.15) is 141 Å². The van der Waals surface area contributed by atoms with E-state index in [0.717, 1.165) is 11.8 Å². The molecule has 0 N–H and O–H groups in total. The Morgan fingerprint density at radius 1 is 0.789 bits per heavy atom. The van der Waals surface area contributed by atoms with Crippen LogP contribution in [-0.2, 0) is 0 Å². The van der Waals surface area contributed by atoms with E-state index in [0.29, 0.717) is 5.92 Å². The summed E-state index contributed by atoms with van der Waals surface area (Å²) in [5.74, 6) is 0.648. The summed E-state index contributed by atoms with van der Waals surface area (Å²) in [6.45, 7) is 37.1. The topological polar surface area (TPSA) is 0 Å². The number of allylic oxidation sites excluding steroid dienone is 2. The van der Waals surface area contributed by atoms with E-state index in [1.54, 1.807) is 0 Å². The van der Waals surface area contributed by atoms with Gasteiger partial charge in [-0.15, -0.1) is 13.2 Å². The maximum atomic E-state index is 3.67. The maximum Gasteiger partial charge on any atom is -0.0216 e. The summed E-state index contributed by atoms with van der Waals surface area (Å²) >= 11 is 0. The second-order valence-corrected chi connectivity index (χ2v) is 11.5. The quantitative estimate of drug-likeness (QED) is 0.352. The summed E-state index contributed by atoms with van der Waals surface area (Å²) in [6, 6.07) is 15.0. The highest BCUT2D eigenvalue weighted by Gasteiger charge is 2.25. The SMILES string of the molecule is C=C(C)C.C=C(C)CC.CC.CCC1(C)CCCC1.Cc1ccc(C)cc1.Cc1cccc(C(C)C)c1C. The molecule has 218 valence electrons. The molecule has 0 saturated heterocycles. The highest BCUT2D eigenvalue weighted by atomic mass is 14.3. The van der Waals surface area contributed by atoms with Gasteiger partial charge in [0.2, 0.25) is 0 Å². The number of aryl methyl sites for hydroxylation is 3. The van der Waals surface area contributed by atoms with Crippen LogP contribution >= 0.6 is 0 Å². The molecule has 0 aromatic heterocycles. The van der Waals surface area contributed by atoms with Gasteiger partial charge in [0.1, 0.15) is 0 Å². The molecular weight excluding hydrogens is 456 g/mol. The van der Waals surface area contributed by atoms with E-state index in [2.05, 4.69) is 118 Å². The van der Waals surface area contributed by atoms with Crippen molar-refractivity contribution in [2.45, 2.75) is 141 Å². The van der Waals surface area contributed by atoms with Gasteiger partial charge >= 0.3 is 0 Å². The van der Waals surface area contributed by atoms with Gasteiger partial charge in [0.15, 0.2) is 0 Å². The predicted molar refractivity (Wildman–Crippen MR) is 180 cm³/mol. The van der Waals surface area contributed by atoms with Crippen molar-refractivity contribution in [3.05, 3.63) is 94.6 Å². The van der Waals surface area contributed by atoms with Crippen LogP contribution in [0.3, 0.4) is 0 Å². The van der Waals surface area contributed by atoms with E-state index >= 15 is 0 Å². The molecule has 0 atom stereocenters. The molecule has 0 radical (unpaired) electrons. The molecule has 0 bridgehead atoms. The Morgan fingerprint density at radius 2 is 1.16 bits per heavy atom. The fourth-order valence-electron chi connectivity index (χ4n) is 3.62. The number of hydrogen-bond donors (Lipinski definition) is 0. The van der Waals surface area contributed by atoms with Gasteiger partial charge in [-0.1, -0.05) is 132 Å². The first kappa shape index (κ1) is 40.4. The molecule has 38 heavy (non-hydrogen) atoms. The van der Waals surface area contributed by atoms with Crippen molar-refractivity contribution in [1.29, 1.82) is 0 Å². The summed E-state index contributed by atoms with van der Waals surface area (Å²) in [5, 5.41) is 0. The van der Waals surface area contributed by atoms with E-state index in [1.165, 1.54) is 71.1 Å². The monoisotopic (exact) mass is 523 g/mol. The summed E-state index contributed by atoms with van der Waals surface area (Å²) in [6.07, 6.45) is 8.40. The highest BCUT2D eigenvalue weighted by molar-refractivity contribution is 5.34. The Bertz CT molecular complexity index is 817. The van der Waals surface area contributed by atoms with Gasteiger partial charge in [0, 0.05) is 0 Å². The fraction of sp³-hybridized carbons (Fsp3) is 0.579. The third-order valence-corrected chi connectivity index (χ3v) is 6.75. The van der Waals surface area contributed by atoms with Gasteiger partial charge in [0.05, 0.1) is 0 Å². The lowest BCUT2D eigenvalue weighted by Crippen LogP contribution is -2.07. The summed E-state index contributed by atoms with van der Waals surface area (Å²) in [5.41, 5.74) is 10.1. The smallest absolute Gasteiger partial charge is 0.0216 e. The van der Waals surface area contributed by atoms with Gasteiger partial charge in [-0.25, -0.2) is 0 Å². The molecular formula is C38H66. The zero-order valence-electron chi connectivity index (χ0n) is 28.3. The van der Waals surface area contributed by atoms with Crippen molar-refractivity contribution >= 4 is 0 Å². The van der Waals surface area contributed by atoms with Gasteiger partial charge in [0.25, 0.3) is 0 Å². The lowest BCUT2D eigenvalue weighted by Gasteiger charge is -2.19. The molecule has 1 fully saturated rings. The average Bonchev–Trinajstić information content (AvgIpc) is 3.31. The van der Waals surface area contributed by atoms with Crippen molar-refractivity contribution in [2.24, 2.45) is 5.41 Å². The molecule has 0 heterocycles. The zero-order chi connectivity index (χ0) is 30.3. The van der Waals surface area contributed by atoms with Crippen molar-refractivity contribution < 1.29 is 0 Å². The molecule has 0 unspecified atom stereocenters. The molecule has 3 rings (SSSR count). The molecule has 0 amide bonds. The standard InChI is InChI=1S/C11H16.C8H10.C8H16.C5H10.C4H8.C2H6/c1-8(2)11-7-5-6-9(3)10(11)4;1-7-3-5-8(2)6-4-7;1-3-8(2)6-4-5-7-8;1-4-5(2)3;1-4(2)3;1-2/h5-8H,1-4H3;3-6H,1-2H3;3-7H2,1-2H3;2,4H2,1,3H3;1H2,2-3H3;1-2H3. The third-order valence-electron chi connectivity index (χ3n) is 6.75. The van der Waals surface area contributed by atoms with Crippen LogP contribution < -0.4 is 0 Å². The van der Waals surface area contributed by atoms with Crippen LogP contribution in [0.25, 0.3) is 0 Å². The van der Waals surface area contributed by atoms with Crippen LogP contribution in [0.4, 0.5) is 0 Å². The molecule has 0 aliphatic heterocycles. The van der Waals surface area contributed by atoms with Crippen molar-refractivity contribution in [2.75, 3.05) is 0 Å². The average molecular weight is 523 g/mol. The Labute approximate surface area is 241 Å². The fourth-order valence-corrected chi connectivity index (χ4v) is 3.62. The van der Waals surface area contributed by atoms with Crippen LogP contribution in [-0.4, -0.2) is 0 Å². The van der Waals surface area contributed by atoms with E-state index in [1.807, 2.05) is 34.6 Å². The van der Waals surface area contributed by atoms with Crippen LogP contribution in [0.5, 0.6) is 0 Å². The Morgan fingerprint density at radius 3 is 1.39 bits per heavy atom. The number of rotatable bonds is 3. The highest BCUT2D eigenvalue weighted by Crippen LogP contribution is 2.39. The normalized spacial score (nSPS) is 12.4. The summed E-state index contributed by atoms with van der Waals surface area (Å²) in [4.78, 5) is 0. The third kappa shape index (κ3) is 23.1. The minimum absolute atomic E-state index is 0.648. The minimum atomic E-state index is 0.648. The Hall–Kier alpha value is -2.08. The van der Waals surface area contributed by atoms with Crippen molar-refractivity contribution in [3.63, 3.8) is 0 Å². The van der Waals surface area contributed by atoms with Gasteiger partial charge in [-0.05, 0) is 95.8 Å². The number of benzene rings is 2. The number of hydrogen-bond acceptors (Lipinski definition) is 0. The maximum absolute atomic E-state index is 3.67. The largest absolute Gasteiger partial charge is 0.100 e. The molecule has 0 nitrogen and oxygen atoms in total. The zero-order valence-corrected chi connectivity index (χ0v) is 28.3. The molecule has 1 saturated carbocycles. The van der Waals surface area contributed by atoms with E-state index < -0.39 is 0 Å². The predicted octanol–water partition coefficient (Wildman–Crippen LogP) is 13.3. The Kier molecular flexibility index (Phi) is 25.5. The first-order valence-corrected chi connectivity index (χ1v) is 15.0. The molecule has 0 heteroatoms. The van der Waals surface area contributed by atoms with Crippen LogP contribution in [0.2, 0.25) is 0 Å². The first-order valence-electron chi connectivity index (χ1n) is 15.0. The first-order chi connectivity index (χ1) is 17.7. The lowest BCUT2D eigenvalue weighted by molar-refractivity contribution is 0.323. The second-order valence-electron chi connectivity index (χ2n) is 11.5. The van der Waals surface area contributed by atoms with Gasteiger partial charge in [-0.2, -0.15) is 0 Å². The Balaban J connectivity index is -0.000000412. The molecule has 1 aliphatic rings. The van der Waals surface area contributed by atoms with Crippen LogP contribution in [0, 0.1) is 33.1 Å². The van der Waals surface area contributed by atoms with E-state index in [-0.39, 0.29) is 0 Å². The van der Waals surface area contributed by atoms with E-state index in [4.69, 9.17) is 0 Å². The summed E-state index contributed by atoms with van der Waals surface area (Å²) in [7, 11) is 0. The molecule has 0 spiro atoms. The van der Waals surface area contributed by atoms with E-state index in [9.17, 15) is 0 Å². The van der Waals surface area contributed by atoms with Gasteiger partial charge < -0.3 is 0 Å². The summed E-state index contributed by atoms with van der Waals surface area (Å²) < 4.78 is 0. The van der Waals surface area contributed by atoms with Gasteiger partial charge in [-0.3, -0.25) is 0 Å². The van der Waals surface area contributed by atoms with Crippen molar-refractivity contribution in [1.82, 2.24) is 0 Å². The lowest BCUT2D eigenvalue weighted by atomic mass is 9.86. The molecule has 2 aromatic carbocycles. The van der Waals surface area contributed by atoms with Crippen LogP contribution in [0.15, 0.2) is 66.8 Å². The second kappa shape index (κ2) is 24.0. The molecule has 2 aromatic rings.